The molecule has 0 radical (unpaired) electrons. The number of nitro groups is 1. The normalized spacial score (nSPS) is 14.4. The van der Waals surface area contributed by atoms with E-state index in [1.807, 2.05) is 12.1 Å². The first-order valence-electron chi connectivity index (χ1n) is 9.09. The van der Waals surface area contributed by atoms with Gasteiger partial charge in [-0.2, -0.15) is 5.10 Å². The van der Waals surface area contributed by atoms with Gasteiger partial charge < -0.3 is 9.32 Å². The lowest BCUT2D eigenvalue weighted by molar-refractivity contribution is -0.384. The number of non-ortho nitro benzene ring substituents is 1. The van der Waals surface area contributed by atoms with Crippen molar-refractivity contribution < 1.29 is 14.1 Å². The maximum atomic E-state index is 11.8. The molecule has 3 rings (SSSR count). The number of anilines is 1. The van der Waals surface area contributed by atoms with E-state index in [1.54, 1.807) is 12.1 Å². The Labute approximate surface area is 167 Å². The highest BCUT2D eigenvalue weighted by atomic mass is 32.2. The molecule has 2 aromatic rings. The van der Waals surface area contributed by atoms with Crippen molar-refractivity contribution in [1.29, 1.82) is 0 Å². The minimum absolute atomic E-state index is 0.0576. The first-order chi connectivity index (χ1) is 13.6. The third-order valence-corrected chi connectivity index (χ3v) is 5.31. The van der Waals surface area contributed by atoms with Gasteiger partial charge in [-0.3, -0.25) is 14.9 Å². The van der Waals surface area contributed by atoms with Gasteiger partial charge in [0.2, 0.25) is 5.91 Å². The summed E-state index contributed by atoms with van der Waals surface area (Å²) in [5.74, 6) is 2.05. The molecule has 0 saturated carbocycles. The molecule has 1 N–H and O–H groups in total. The SMILES string of the molecule is O=C(CSCc1ccc([N+](=O)[O-])cc1)N/N=C\c1ccc(N2CCCCC2)o1. The topological polar surface area (TPSA) is 101 Å². The van der Waals surface area contributed by atoms with Crippen LogP contribution in [0.1, 0.15) is 30.6 Å². The first-order valence-corrected chi connectivity index (χ1v) is 10.2. The Morgan fingerprint density at radius 1 is 1.21 bits per heavy atom. The van der Waals surface area contributed by atoms with Gasteiger partial charge in [-0.15, -0.1) is 11.8 Å². The second kappa shape index (κ2) is 9.93. The number of amides is 1. The quantitative estimate of drug-likeness (QED) is 0.412. The van der Waals surface area contributed by atoms with Crippen LogP contribution in [-0.4, -0.2) is 35.9 Å². The van der Waals surface area contributed by atoms with Crippen molar-refractivity contribution >= 4 is 35.5 Å². The minimum Gasteiger partial charge on any atom is -0.440 e. The molecule has 0 aliphatic carbocycles. The molecule has 1 aliphatic heterocycles. The van der Waals surface area contributed by atoms with Crippen molar-refractivity contribution in [3.05, 3.63) is 57.8 Å². The van der Waals surface area contributed by atoms with Crippen LogP contribution < -0.4 is 10.3 Å². The first kappa shape index (κ1) is 19.9. The number of carbonyl (C=O) groups is 1. The molecule has 9 heteroatoms. The summed E-state index contributed by atoms with van der Waals surface area (Å²) in [7, 11) is 0. The molecule has 148 valence electrons. The van der Waals surface area contributed by atoms with Crippen molar-refractivity contribution in [2.75, 3.05) is 23.7 Å². The summed E-state index contributed by atoms with van der Waals surface area (Å²) in [6, 6.07) is 10.1. The standard InChI is InChI=1S/C19H22N4O4S/c24-18(14-28-13-15-4-6-16(7-5-15)23(25)26)21-20-12-17-8-9-19(27-17)22-10-2-1-3-11-22/h4-9,12H,1-3,10-11,13-14H2,(H,21,24)/b20-12-. The van der Waals surface area contributed by atoms with Crippen molar-refractivity contribution in [2.45, 2.75) is 25.0 Å². The second-order valence-corrected chi connectivity index (χ2v) is 7.42. The van der Waals surface area contributed by atoms with Crippen molar-refractivity contribution in [2.24, 2.45) is 5.10 Å². The highest BCUT2D eigenvalue weighted by Gasteiger charge is 2.13. The summed E-state index contributed by atoms with van der Waals surface area (Å²) in [6.07, 6.45) is 5.11. The molecular formula is C19H22N4O4S. The zero-order valence-electron chi connectivity index (χ0n) is 15.4. The number of carbonyl (C=O) groups excluding carboxylic acids is 1. The van der Waals surface area contributed by atoms with E-state index in [4.69, 9.17) is 4.42 Å². The second-order valence-electron chi connectivity index (χ2n) is 6.43. The van der Waals surface area contributed by atoms with E-state index in [2.05, 4.69) is 15.4 Å². The number of thioether (sulfide) groups is 1. The lowest BCUT2D eigenvalue weighted by Crippen LogP contribution is -2.28. The predicted octanol–water partition coefficient (Wildman–Crippen LogP) is 3.56. The maximum absolute atomic E-state index is 11.8. The van der Waals surface area contributed by atoms with Crippen LogP contribution in [0.4, 0.5) is 11.6 Å². The Balaban J connectivity index is 1.38. The average Bonchev–Trinajstić information content (AvgIpc) is 3.18. The number of hydrazone groups is 1. The molecule has 0 atom stereocenters. The van der Waals surface area contributed by atoms with Gasteiger partial charge in [0.25, 0.3) is 5.69 Å². The largest absolute Gasteiger partial charge is 0.440 e. The third-order valence-electron chi connectivity index (χ3n) is 4.31. The third kappa shape index (κ3) is 5.85. The zero-order valence-corrected chi connectivity index (χ0v) is 16.2. The fourth-order valence-corrected chi connectivity index (χ4v) is 3.65. The monoisotopic (exact) mass is 402 g/mol. The summed E-state index contributed by atoms with van der Waals surface area (Å²) >= 11 is 1.41. The number of hydrogen-bond acceptors (Lipinski definition) is 7. The molecule has 1 aliphatic rings. The van der Waals surface area contributed by atoms with E-state index in [1.165, 1.54) is 49.4 Å². The fraction of sp³-hybridized carbons (Fsp3) is 0.368. The van der Waals surface area contributed by atoms with Crippen LogP contribution in [-0.2, 0) is 10.5 Å². The summed E-state index contributed by atoms with van der Waals surface area (Å²) in [5, 5.41) is 14.6. The molecule has 1 fully saturated rings. The molecule has 1 saturated heterocycles. The lowest BCUT2D eigenvalue weighted by Gasteiger charge is -2.25. The van der Waals surface area contributed by atoms with E-state index in [0.717, 1.165) is 24.5 Å². The number of nitrogens with one attached hydrogen (secondary N) is 1. The van der Waals surface area contributed by atoms with Crippen LogP contribution >= 0.6 is 11.8 Å². The van der Waals surface area contributed by atoms with Gasteiger partial charge >= 0.3 is 0 Å². The Morgan fingerprint density at radius 3 is 2.68 bits per heavy atom. The van der Waals surface area contributed by atoms with Crippen LogP contribution in [0.2, 0.25) is 0 Å². The number of rotatable bonds is 8. The molecule has 2 heterocycles. The van der Waals surface area contributed by atoms with Crippen LogP contribution in [0.25, 0.3) is 0 Å². The van der Waals surface area contributed by atoms with Crippen molar-refractivity contribution in [1.82, 2.24) is 5.43 Å². The van der Waals surface area contributed by atoms with Gasteiger partial charge in [0.15, 0.2) is 5.88 Å². The van der Waals surface area contributed by atoms with Gasteiger partial charge in [0.05, 0.1) is 16.9 Å². The highest BCUT2D eigenvalue weighted by molar-refractivity contribution is 7.99. The Morgan fingerprint density at radius 2 is 1.96 bits per heavy atom. The van der Waals surface area contributed by atoms with E-state index < -0.39 is 4.92 Å². The Hall–Kier alpha value is -2.81. The minimum atomic E-state index is -0.434. The van der Waals surface area contributed by atoms with Crippen LogP contribution in [0, 0.1) is 10.1 Å². The van der Waals surface area contributed by atoms with Gasteiger partial charge in [0.1, 0.15) is 5.76 Å². The van der Waals surface area contributed by atoms with Gasteiger partial charge in [0, 0.05) is 37.0 Å². The lowest BCUT2D eigenvalue weighted by atomic mass is 10.1. The van der Waals surface area contributed by atoms with Crippen molar-refractivity contribution in [3.63, 3.8) is 0 Å². The predicted molar refractivity (Wildman–Crippen MR) is 110 cm³/mol. The molecule has 0 spiro atoms. The van der Waals surface area contributed by atoms with Crippen LogP contribution in [0.15, 0.2) is 45.9 Å². The Kier molecular flexibility index (Phi) is 7.07. The summed E-state index contributed by atoms with van der Waals surface area (Å²) in [4.78, 5) is 24.3. The summed E-state index contributed by atoms with van der Waals surface area (Å²) in [6.45, 7) is 2.01. The number of piperidine rings is 1. The molecule has 0 unspecified atom stereocenters. The number of benzene rings is 1. The Bertz CT molecular complexity index is 829. The van der Waals surface area contributed by atoms with E-state index >= 15 is 0 Å². The number of nitrogens with zero attached hydrogens (tertiary/aromatic N) is 3. The maximum Gasteiger partial charge on any atom is 0.269 e. The molecular weight excluding hydrogens is 380 g/mol. The van der Waals surface area contributed by atoms with E-state index in [-0.39, 0.29) is 17.3 Å². The molecule has 28 heavy (non-hydrogen) atoms. The van der Waals surface area contributed by atoms with Gasteiger partial charge in [-0.25, -0.2) is 5.43 Å². The summed E-state index contributed by atoms with van der Waals surface area (Å²) < 4.78 is 5.74. The molecule has 1 amide bonds. The molecule has 0 bridgehead atoms. The fourth-order valence-electron chi connectivity index (χ4n) is 2.87. The smallest absolute Gasteiger partial charge is 0.269 e. The van der Waals surface area contributed by atoms with Gasteiger partial charge in [-0.1, -0.05) is 12.1 Å². The van der Waals surface area contributed by atoms with Gasteiger partial charge in [-0.05, 0) is 30.9 Å². The molecule has 1 aromatic carbocycles. The van der Waals surface area contributed by atoms with Crippen molar-refractivity contribution in [3.8, 4) is 0 Å². The average molecular weight is 402 g/mol. The van der Waals surface area contributed by atoms with Crippen LogP contribution in [0.3, 0.4) is 0 Å². The number of furan rings is 1. The highest BCUT2D eigenvalue weighted by Crippen LogP contribution is 2.21. The summed E-state index contributed by atoms with van der Waals surface area (Å²) in [5.41, 5.74) is 3.46. The number of hydrogen-bond donors (Lipinski definition) is 1. The van der Waals surface area contributed by atoms with Crippen LogP contribution in [0.5, 0.6) is 0 Å². The number of nitro benzene ring substituents is 1. The molecule has 1 aromatic heterocycles. The van der Waals surface area contributed by atoms with E-state index in [0.29, 0.717) is 11.5 Å². The van der Waals surface area contributed by atoms with E-state index in [9.17, 15) is 14.9 Å². The zero-order chi connectivity index (χ0) is 19.8. The molecule has 8 nitrogen and oxygen atoms in total.